The van der Waals surface area contributed by atoms with E-state index < -0.39 is 6.10 Å². The molecule has 0 spiro atoms. The van der Waals surface area contributed by atoms with Gasteiger partial charge >= 0.3 is 17.9 Å². The molecule has 0 aromatic carbocycles. The molecule has 61 heavy (non-hydrogen) atoms. The smallest absolute Gasteiger partial charge is 0.306 e. The molecule has 6 nitrogen and oxygen atoms in total. The van der Waals surface area contributed by atoms with Gasteiger partial charge in [-0.25, -0.2) is 0 Å². The van der Waals surface area contributed by atoms with Crippen molar-refractivity contribution >= 4 is 17.9 Å². The Balaban J connectivity index is 4.22. The summed E-state index contributed by atoms with van der Waals surface area (Å²) in [5.74, 6) is -0.965. The second kappa shape index (κ2) is 49.2. The first-order valence-corrected chi connectivity index (χ1v) is 25.1. The maximum absolute atomic E-state index is 12.7. The maximum Gasteiger partial charge on any atom is 0.306 e. The topological polar surface area (TPSA) is 78.9 Å². The van der Waals surface area contributed by atoms with Crippen molar-refractivity contribution in [2.45, 2.75) is 232 Å². The van der Waals surface area contributed by atoms with E-state index in [-0.39, 0.29) is 37.5 Å². The van der Waals surface area contributed by atoms with Crippen molar-refractivity contribution in [3.8, 4) is 0 Å². The van der Waals surface area contributed by atoms with E-state index in [2.05, 4.69) is 106 Å². The van der Waals surface area contributed by atoms with E-state index in [4.69, 9.17) is 14.2 Å². The molecule has 0 fully saturated rings. The molecule has 0 bridgehead atoms. The molecule has 0 radical (unpaired) electrons. The zero-order valence-corrected chi connectivity index (χ0v) is 39.7. The summed E-state index contributed by atoms with van der Waals surface area (Å²) in [5, 5.41) is 0. The summed E-state index contributed by atoms with van der Waals surface area (Å²) >= 11 is 0. The van der Waals surface area contributed by atoms with Crippen molar-refractivity contribution in [1.82, 2.24) is 0 Å². The van der Waals surface area contributed by atoms with Gasteiger partial charge in [0.1, 0.15) is 13.2 Å². The number of esters is 3. The molecule has 1 atom stereocenters. The lowest BCUT2D eigenvalue weighted by Crippen LogP contribution is -2.30. The van der Waals surface area contributed by atoms with Crippen molar-refractivity contribution < 1.29 is 28.6 Å². The Morgan fingerprint density at radius 2 is 0.639 bits per heavy atom. The number of ether oxygens (including phenoxy) is 3. The number of allylic oxidation sites excluding steroid dienone is 14. The van der Waals surface area contributed by atoms with Crippen LogP contribution in [-0.4, -0.2) is 37.2 Å². The summed E-state index contributed by atoms with van der Waals surface area (Å²) in [6, 6.07) is 0. The van der Waals surface area contributed by atoms with Crippen LogP contribution in [0.5, 0.6) is 0 Å². The molecule has 348 valence electrons. The van der Waals surface area contributed by atoms with Crippen LogP contribution in [0.15, 0.2) is 85.1 Å². The summed E-state index contributed by atoms with van der Waals surface area (Å²) in [7, 11) is 0. The van der Waals surface area contributed by atoms with Gasteiger partial charge in [-0.2, -0.15) is 0 Å². The first kappa shape index (κ1) is 57.6. The van der Waals surface area contributed by atoms with Crippen molar-refractivity contribution in [2.24, 2.45) is 0 Å². The van der Waals surface area contributed by atoms with Crippen LogP contribution in [0.4, 0.5) is 0 Å². The fourth-order valence-electron chi connectivity index (χ4n) is 6.61. The molecule has 1 unspecified atom stereocenters. The first-order chi connectivity index (χ1) is 30.0. The molecular formula is C55H92O6. The van der Waals surface area contributed by atoms with Crippen LogP contribution in [0.1, 0.15) is 226 Å². The zero-order chi connectivity index (χ0) is 44.4. The summed E-state index contributed by atoms with van der Waals surface area (Å²) in [5.41, 5.74) is 0. The fourth-order valence-corrected chi connectivity index (χ4v) is 6.61. The van der Waals surface area contributed by atoms with Gasteiger partial charge in [0.15, 0.2) is 6.10 Å². The van der Waals surface area contributed by atoms with Crippen molar-refractivity contribution in [1.29, 1.82) is 0 Å². The SMILES string of the molecule is CC/C=C\C/C=C\C/C=C\C/C=C\CCCCC(=O)OC(COC(=O)CCCCCCC)COC(=O)CCCCCCCCCC/C=C\C/C=C\C/C=C\CCCCCCC. The Morgan fingerprint density at radius 1 is 0.344 bits per heavy atom. The summed E-state index contributed by atoms with van der Waals surface area (Å²) in [6.07, 6.45) is 63.2. The molecule has 0 aromatic rings. The van der Waals surface area contributed by atoms with Gasteiger partial charge in [0.25, 0.3) is 0 Å². The minimum absolute atomic E-state index is 0.0974. The summed E-state index contributed by atoms with van der Waals surface area (Å²) in [6.45, 7) is 6.37. The van der Waals surface area contributed by atoms with E-state index in [9.17, 15) is 14.4 Å². The van der Waals surface area contributed by atoms with Crippen molar-refractivity contribution in [3.63, 3.8) is 0 Å². The van der Waals surface area contributed by atoms with E-state index in [1.807, 2.05) is 0 Å². The largest absolute Gasteiger partial charge is 0.462 e. The molecule has 0 saturated carbocycles. The van der Waals surface area contributed by atoms with Crippen molar-refractivity contribution in [3.05, 3.63) is 85.1 Å². The van der Waals surface area contributed by atoms with Gasteiger partial charge < -0.3 is 14.2 Å². The zero-order valence-electron chi connectivity index (χ0n) is 39.7. The van der Waals surface area contributed by atoms with Gasteiger partial charge in [0.05, 0.1) is 0 Å². The third-order valence-electron chi connectivity index (χ3n) is 10.4. The standard InChI is InChI=1S/C55H92O6/c1-4-7-10-13-15-17-19-21-23-24-25-26-27-28-29-30-32-33-35-37-39-42-45-48-54(57)60-51-52(50-59-53(56)47-44-41-12-9-6-3)61-55(58)49-46-43-40-38-36-34-31-22-20-18-16-14-11-8-5-2/h8,11,16,18-19,21-22,24-25,27-28,31,36,38,52H,4-7,9-10,12-15,17,20,23,26,29-30,32-35,37,39-51H2,1-3H3/b11-8-,18-16-,21-19-,25-24-,28-27-,31-22-,38-36-. The fraction of sp³-hybridized carbons (Fsp3) is 0.691. The molecule has 0 amide bonds. The summed E-state index contributed by atoms with van der Waals surface area (Å²) < 4.78 is 16.6. The molecule has 0 N–H and O–H groups in total. The lowest BCUT2D eigenvalue weighted by molar-refractivity contribution is -0.167. The highest BCUT2D eigenvalue weighted by atomic mass is 16.6. The van der Waals surface area contributed by atoms with E-state index in [1.165, 1.54) is 70.6 Å². The molecule has 6 heteroatoms. The van der Waals surface area contributed by atoms with Gasteiger partial charge in [-0.1, -0.05) is 196 Å². The highest BCUT2D eigenvalue weighted by molar-refractivity contribution is 5.71. The number of hydrogen-bond donors (Lipinski definition) is 0. The van der Waals surface area contributed by atoms with Crippen LogP contribution in [-0.2, 0) is 28.6 Å². The van der Waals surface area contributed by atoms with Crippen LogP contribution in [0.3, 0.4) is 0 Å². The van der Waals surface area contributed by atoms with Crippen LogP contribution >= 0.6 is 0 Å². The van der Waals surface area contributed by atoms with Gasteiger partial charge in [0.2, 0.25) is 0 Å². The van der Waals surface area contributed by atoms with Gasteiger partial charge in [-0.05, 0) is 96.3 Å². The van der Waals surface area contributed by atoms with Gasteiger partial charge in [-0.15, -0.1) is 0 Å². The number of hydrogen-bond acceptors (Lipinski definition) is 6. The average molecular weight is 849 g/mol. The monoisotopic (exact) mass is 849 g/mol. The Kier molecular flexibility index (Phi) is 46.5. The third kappa shape index (κ3) is 47.5. The van der Waals surface area contributed by atoms with Gasteiger partial charge in [-0.3, -0.25) is 14.4 Å². The Hall–Kier alpha value is -3.41. The predicted molar refractivity (Wildman–Crippen MR) is 261 cm³/mol. The average Bonchev–Trinajstić information content (AvgIpc) is 3.26. The highest BCUT2D eigenvalue weighted by Gasteiger charge is 2.19. The highest BCUT2D eigenvalue weighted by Crippen LogP contribution is 2.13. The normalized spacial score (nSPS) is 12.8. The molecule has 0 rings (SSSR count). The molecule has 0 aromatic heterocycles. The van der Waals surface area contributed by atoms with E-state index >= 15 is 0 Å². The minimum Gasteiger partial charge on any atom is -0.462 e. The molecule has 0 aliphatic heterocycles. The maximum atomic E-state index is 12.7. The first-order valence-electron chi connectivity index (χ1n) is 25.1. The molecule has 0 aliphatic rings. The minimum atomic E-state index is -0.797. The van der Waals surface area contributed by atoms with E-state index in [1.54, 1.807) is 0 Å². The lowest BCUT2D eigenvalue weighted by atomic mass is 10.1. The lowest BCUT2D eigenvalue weighted by Gasteiger charge is -2.18. The number of unbranched alkanes of at least 4 members (excludes halogenated alkanes) is 19. The van der Waals surface area contributed by atoms with Crippen LogP contribution in [0.25, 0.3) is 0 Å². The third-order valence-corrected chi connectivity index (χ3v) is 10.4. The number of rotatable bonds is 44. The molecule has 0 saturated heterocycles. The molecular weight excluding hydrogens is 757 g/mol. The second-order valence-electron chi connectivity index (χ2n) is 16.3. The van der Waals surface area contributed by atoms with Crippen molar-refractivity contribution in [2.75, 3.05) is 13.2 Å². The van der Waals surface area contributed by atoms with Crippen LogP contribution in [0.2, 0.25) is 0 Å². The number of carbonyl (C=O) groups excluding carboxylic acids is 3. The quantitative estimate of drug-likeness (QED) is 0.0263. The summed E-state index contributed by atoms with van der Waals surface area (Å²) in [4.78, 5) is 37.6. The van der Waals surface area contributed by atoms with Gasteiger partial charge in [0, 0.05) is 19.3 Å². The number of carbonyl (C=O) groups is 3. The second-order valence-corrected chi connectivity index (χ2v) is 16.3. The van der Waals surface area contributed by atoms with E-state index in [0.717, 1.165) is 109 Å². The van der Waals surface area contributed by atoms with Crippen LogP contribution < -0.4 is 0 Å². The Morgan fingerprint density at radius 3 is 1.03 bits per heavy atom. The Labute approximate surface area is 375 Å². The van der Waals surface area contributed by atoms with Crippen LogP contribution in [0, 0.1) is 0 Å². The predicted octanol–water partition coefficient (Wildman–Crippen LogP) is 16.4. The molecule has 0 heterocycles. The molecule has 0 aliphatic carbocycles. The Bertz CT molecular complexity index is 1200. The van der Waals surface area contributed by atoms with E-state index in [0.29, 0.717) is 19.3 Å².